The van der Waals surface area contributed by atoms with Crippen molar-refractivity contribution in [2.24, 2.45) is 5.92 Å². The summed E-state index contributed by atoms with van der Waals surface area (Å²) in [6.07, 6.45) is 2.02. The van der Waals surface area contributed by atoms with Crippen molar-refractivity contribution in [2.75, 3.05) is 11.6 Å². The summed E-state index contributed by atoms with van der Waals surface area (Å²) in [5.74, 6) is -1.42. The monoisotopic (exact) mass is 459 g/mol. The Balaban J connectivity index is 1.96. The molecule has 0 fully saturated rings. The molecular weight excluding hydrogens is 426 g/mol. The summed E-state index contributed by atoms with van der Waals surface area (Å²) in [6, 6.07) is 8.54. The minimum absolute atomic E-state index is 0.0935. The van der Waals surface area contributed by atoms with Gasteiger partial charge >= 0.3 is 5.69 Å². The maximum absolute atomic E-state index is 13.3. The summed E-state index contributed by atoms with van der Waals surface area (Å²) in [4.78, 5) is 39.2. The highest BCUT2D eigenvalue weighted by molar-refractivity contribution is 5.94. The van der Waals surface area contributed by atoms with E-state index in [4.69, 9.17) is 0 Å². The Morgan fingerprint density at radius 2 is 1.94 bits per heavy atom. The topological polar surface area (TPSA) is 129 Å². The molecule has 0 radical (unpaired) electrons. The number of imidazole rings is 1. The maximum atomic E-state index is 13.3. The molecule has 0 unspecified atom stereocenters. The van der Waals surface area contributed by atoms with Gasteiger partial charge < -0.3 is 10.4 Å². The van der Waals surface area contributed by atoms with Gasteiger partial charge in [-0.15, -0.1) is 0 Å². The number of hydrogen-bond acceptors (Lipinski definition) is 6. The van der Waals surface area contributed by atoms with Crippen molar-refractivity contribution in [3.63, 3.8) is 0 Å². The van der Waals surface area contributed by atoms with Gasteiger partial charge in [0.2, 0.25) is 11.8 Å². The van der Waals surface area contributed by atoms with Crippen molar-refractivity contribution in [1.29, 1.82) is 0 Å². The van der Waals surface area contributed by atoms with Crippen molar-refractivity contribution >= 4 is 11.8 Å². The van der Waals surface area contributed by atoms with Crippen molar-refractivity contribution in [3.8, 4) is 5.88 Å². The van der Waals surface area contributed by atoms with Crippen LogP contribution in [0.4, 0.5) is 0 Å². The van der Waals surface area contributed by atoms with Gasteiger partial charge in [-0.2, -0.15) is 4.68 Å². The number of hydroxylamine groups is 1. The highest BCUT2D eigenvalue weighted by Gasteiger charge is 2.36. The summed E-state index contributed by atoms with van der Waals surface area (Å²) in [5.41, 5.74) is 2.49. The number of carbonyl (C=O) groups excluding carboxylic acids is 2. The Kier molecular flexibility index (Phi) is 8.29. The molecule has 1 aliphatic rings. The number of aromatic hydroxyl groups is 1. The van der Waals surface area contributed by atoms with Gasteiger partial charge in [0.05, 0.1) is 5.69 Å². The van der Waals surface area contributed by atoms with Gasteiger partial charge in [-0.05, 0) is 37.2 Å². The average Bonchev–Trinajstić information content (AvgIpc) is 3.07. The molecule has 1 aromatic carbocycles. The zero-order chi connectivity index (χ0) is 24.0. The molecule has 0 saturated heterocycles. The number of aryl methyl sites for hydroxylation is 1. The number of nitrogens with one attached hydrogen (secondary N) is 2. The van der Waals surface area contributed by atoms with E-state index in [1.54, 1.807) is 5.48 Å². The number of benzene rings is 1. The quantitative estimate of drug-likeness (QED) is 0.313. The van der Waals surface area contributed by atoms with Crippen LogP contribution in [0.2, 0.25) is 0 Å². The molecule has 180 valence electrons. The van der Waals surface area contributed by atoms with Crippen molar-refractivity contribution in [3.05, 3.63) is 52.1 Å². The fraction of sp³-hybridized carbons (Fsp3) is 0.522. The lowest BCUT2D eigenvalue weighted by molar-refractivity contribution is -0.134. The first kappa shape index (κ1) is 24.5. The van der Waals surface area contributed by atoms with E-state index in [0.29, 0.717) is 38.0 Å². The van der Waals surface area contributed by atoms with Gasteiger partial charge in [0.15, 0.2) is 0 Å². The Morgan fingerprint density at radius 1 is 1.21 bits per heavy atom. The molecule has 2 heterocycles. The van der Waals surface area contributed by atoms with E-state index < -0.39 is 23.5 Å². The Bertz CT molecular complexity index is 1010. The van der Waals surface area contributed by atoms with Gasteiger partial charge in [-0.3, -0.25) is 19.4 Å². The number of hydrogen-bond donors (Lipinski definition) is 4. The number of fused-ring (bicyclic) bond motifs is 1. The summed E-state index contributed by atoms with van der Waals surface area (Å²) >= 11 is 0. The zero-order valence-electron chi connectivity index (χ0n) is 19.2. The summed E-state index contributed by atoms with van der Waals surface area (Å²) in [6.45, 7) is 5.11. The minimum atomic E-state index is -1.17. The van der Waals surface area contributed by atoms with Crippen LogP contribution in [-0.4, -0.2) is 44.0 Å². The van der Waals surface area contributed by atoms with E-state index in [1.165, 1.54) is 4.57 Å². The maximum Gasteiger partial charge on any atom is 0.350 e. The van der Waals surface area contributed by atoms with E-state index >= 15 is 0 Å². The predicted octanol–water partition coefficient (Wildman–Crippen LogP) is 1.26. The largest absolute Gasteiger partial charge is 0.492 e. The van der Waals surface area contributed by atoms with Gasteiger partial charge in [0.25, 0.3) is 5.91 Å². The highest BCUT2D eigenvalue weighted by Crippen LogP contribution is 2.22. The van der Waals surface area contributed by atoms with E-state index in [1.807, 2.05) is 44.2 Å². The third-order valence-corrected chi connectivity index (χ3v) is 5.90. The van der Waals surface area contributed by atoms with Crippen LogP contribution in [0.5, 0.6) is 5.88 Å². The van der Waals surface area contributed by atoms with Gasteiger partial charge in [0.1, 0.15) is 6.04 Å². The predicted molar refractivity (Wildman–Crippen MR) is 122 cm³/mol. The summed E-state index contributed by atoms with van der Waals surface area (Å²) in [7, 11) is 0. The second-order valence-electron chi connectivity index (χ2n) is 8.73. The minimum Gasteiger partial charge on any atom is -0.492 e. The van der Waals surface area contributed by atoms with Crippen molar-refractivity contribution in [1.82, 2.24) is 20.0 Å². The lowest BCUT2D eigenvalue weighted by Gasteiger charge is -2.30. The molecule has 3 rings (SSSR count). The van der Waals surface area contributed by atoms with Crippen LogP contribution in [0.25, 0.3) is 0 Å². The number of rotatable bonds is 10. The number of aromatic nitrogens is 2. The smallest absolute Gasteiger partial charge is 0.350 e. The molecule has 33 heavy (non-hydrogen) atoms. The second-order valence-corrected chi connectivity index (χ2v) is 8.73. The first-order valence-corrected chi connectivity index (χ1v) is 11.4. The molecule has 1 aliphatic heterocycles. The van der Waals surface area contributed by atoms with Crippen LogP contribution in [0.15, 0.2) is 35.1 Å². The van der Waals surface area contributed by atoms with Crippen molar-refractivity contribution < 1.29 is 19.9 Å². The normalized spacial score (nSPS) is 14.1. The van der Waals surface area contributed by atoms with E-state index in [0.717, 1.165) is 15.2 Å². The summed E-state index contributed by atoms with van der Waals surface area (Å²) in [5, 5.41) is 24.4. The van der Waals surface area contributed by atoms with E-state index in [9.17, 15) is 24.7 Å². The van der Waals surface area contributed by atoms with Crippen LogP contribution < -0.4 is 21.5 Å². The first-order chi connectivity index (χ1) is 15.8. The molecule has 0 aliphatic carbocycles. The molecule has 0 bridgehead atoms. The Hall–Kier alpha value is -3.11. The third-order valence-electron chi connectivity index (χ3n) is 5.90. The van der Waals surface area contributed by atoms with E-state index in [2.05, 4.69) is 5.32 Å². The number of carbonyl (C=O) groups is 2. The van der Waals surface area contributed by atoms with Crippen molar-refractivity contribution in [2.45, 2.75) is 65.1 Å². The molecule has 1 atom stereocenters. The summed E-state index contributed by atoms with van der Waals surface area (Å²) < 4.78 is 2.31. The molecule has 2 amide bonds. The molecule has 4 N–H and O–H groups in total. The molecule has 10 nitrogen and oxygen atoms in total. The molecular formula is C23H33N5O5. The fourth-order valence-electron chi connectivity index (χ4n) is 4.09. The molecule has 1 aromatic heterocycles. The van der Waals surface area contributed by atoms with Gasteiger partial charge in [0, 0.05) is 26.1 Å². The fourth-order valence-corrected chi connectivity index (χ4v) is 4.09. The standard InChI is InChI=1S/C23H33N5O5/c1-16(2)11-12-20(29)27(28-22(31)19-15-24-13-14-26(19)23(28)32)18(21(30)25-33)10-6-9-17-7-4-3-5-8-17/h3-5,7-8,16,18,24,31,33H,6,9-15H2,1-2H3,(H,25,30)/t18-/m0/s1. The third kappa shape index (κ3) is 5.63. The SMILES string of the molecule is CC(C)CCC(=O)N([C@@H](CCCc1ccccc1)C(=O)NO)n1c(O)c2n(c1=O)CCNC2. The van der Waals surface area contributed by atoms with Crippen LogP contribution in [-0.2, 0) is 29.1 Å². The van der Waals surface area contributed by atoms with Crippen LogP contribution in [0.1, 0.15) is 50.8 Å². The van der Waals surface area contributed by atoms with Crippen LogP contribution in [0, 0.1) is 5.92 Å². The van der Waals surface area contributed by atoms with E-state index in [-0.39, 0.29) is 31.2 Å². The zero-order valence-corrected chi connectivity index (χ0v) is 19.2. The first-order valence-electron chi connectivity index (χ1n) is 11.4. The average molecular weight is 460 g/mol. The molecule has 0 spiro atoms. The lowest BCUT2D eigenvalue weighted by Crippen LogP contribution is -2.57. The molecule has 2 aromatic rings. The lowest BCUT2D eigenvalue weighted by atomic mass is 10.0. The molecule has 0 saturated carbocycles. The molecule has 10 heteroatoms. The second kappa shape index (κ2) is 11.2. The number of nitrogens with zero attached hydrogens (tertiary/aromatic N) is 3. The van der Waals surface area contributed by atoms with Crippen LogP contribution >= 0.6 is 0 Å². The van der Waals surface area contributed by atoms with Gasteiger partial charge in [-0.25, -0.2) is 15.3 Å². The van der Waals surface area contributed by atoms with Crippen LogP contribution in [0.3, 0.4) is 0 Å². The number of amides is 2. The Morgan fingerprint density at radius 3 is 2.58 bits per heavy atom. The highest BCUT2D eigenvalue weighted by atomic mass is 16.5. The Labute approximate surface area is 192 Å². The van der Waals surface area contributed by atoms with Gasteiger partial charge in [-0.1, -0.05) is 44.2 Å².